The van der Waals surface area contributed by atoms with Gasteiger partial charge in [0.15, 0.2) is 23.1 Å². The Hall–Kier alpha value is -2.47. The van der Waals surface area contributed by atoms with Crippen molar-refractivity contribution in [1.82, 2.24) is 0 Å². The van der Waals surface area contributed by atoms with E-state index in [1.54, 1.807) is 36.4 Å². The Morgan fingerprint density at radius 1 is 0.958 bits per heavy atom. The van der Waals surface area contributed by atoms with E-state index < -0.39 is 10.8 Å². The molecule has 0 aromatic heterocycles. The van der Waals surface area contributed by atoms with E-state index in [-0.39, 0.29) is 23.7 Å². The van der Waals surface area contributed by atoms with Crippen LogP contribution in [0.25, 0.3) is 0 Å². The van der Waals surface area contributed by atoms with E-state index >= 15 is 0 Å². The molecule has 0 amide bonds. The summed E-state index contributed by atoms with van der Waals surface area (Å²) in [5, 5.41) is 0. The first-order valence-corrected chi connectivity index (χ1v) is 8.57. The van der Waals surface area contributed by atoms with E-state index in [2.05, 4.69) is 0 Å². The van der Waals surface area contributed by atoms with Gasteiger partial charge in [0.05, 0.1) is 37.2 Å². The zero-order chi connectivity index (χ0) is 17.5. The SMILES string of the molecule is COc1ccc(C(=O)CC(=O)CS(=O)c2ccccc2)cc1OC. The summed E-state index contributed by atoms with van der Waals surface area (Å²) >= 11 is 0. The van der Waals surface area contributed by atoms with Crippen LogP contribution >= 0.6 is 0 Å². The van der Waals surface area contributed by atoms with Crippen LogP contribution in [0.15, 0.2) is 53.4 Å². The normalized spacial score (nSPS) is 11.6. The Bertz CT molecular complexity index is 755. The number of ether oxygens (including phenoxy) is 2. The molecule has 0 aliphatic rings. The molecule has 5 nitrogen and oxygen atoms in total. The molecular formula is C18H18O5S. The van der Waals surface area contributed by atoms with E-state index in [4.69, 9.17) is 9.47 Å². The number of carbonyl (C=O) groups excluding carboxylic acids is 2. The van der Waals surface area contributed by atoms with Crippen molar-refractivity contribution in [3.63, 3.8) is 0 Å². The van der Waals surface area contributed by atoms with Gasteiger partial charge in [0.25, 0.3) is 0 Å². The summed E-state index contributed by atoms with van der Waals surface area (Å²) in [6.45, 7) is 0. The molecule has 2 aromatic carbocycles. The molecule has 2 rings (SSSR count). The average Bonchev–Trinajstić information content (AvgIpc) is 2.61. The van der Waals surface area contributed by atoms with Crippen molar-refractivity contribution >= 4 is 22.4 Å². The summed E-state index contributed by atoms with van der Waals surface area (Å²) in [5.74, 6) is 0.0421. The monoisotopic (exact) mass is 346 g/mol. The van der Waals surface area contributed by atoms with Crippen LogP contribution in [0.4, 0.5) is 0 Å². The number of hydrogen-bond donors (Lipinski definition) is 0. The summed E-state index contributed by atoms with van der Waals surface area (Å²) in [5.41, 5.74) is 0.353. The lowest BCUT2D eigenvalue weighted by Gasteiger charge is -2.09. The van der Waals surface area contributed by atoms with Gasteiger partial charge in [-0.2, -0.15) is 0 Å². The number of hydrogen-bond acceptors (Lipinski definition) is 5. The van der Waals surface area contributed by atoms with Gasteiger partial charge >= 0.3 is 0 Å². The molecule has 1 atom stereocenters. The van der Waals surface area contributed by atoms with Crippen LogP contribution in [-0.4, -0.2) is 35.7 Å². The van der Waals surface area contributed by atoms with E-state index in [0.29, 0.717) is 22.0 Å². The van der Waals surface area contributed by atoms with Gasteiger partial charge < -0.3 is 9.47 Å². The van der Waals surface area contributed by atoms with Crippen LogP contribution in [-0.2, 0) is 15.6 Å². The Balaban J connectivity index is 2.01. The van der Waals surface area contributed by atoms with Gasteiger partial charge in [-0.15, -0.1) is 0 Å². The van der Waals surface area contributed by atoms with E-state index in [1.165, 1.54) is 20.3 Å². The minimum atomic E-state index is -1.44. The minimum absolute atomic E-state index is 0.178. The topological polar surface area (TPSA) is 69.7 Å². The lowest BCUT2D eigenvalue weighted by atomic mass is 10.1. The lowest BCUT2D eigenvalue weighted by Crippen LogP contribution is -2.15. The second-order valence-corrected chi connectivity index (χ2v) is 6.46. The highest BCUT2D eigenvalue weighted by atomic mass is 32.2. The maximum atomic E-state index is 12.2. The molecule has 6 heteroatoms. The van der Waals surface area contributed by atoms with Crippen molar-refractivity contribution in [3.8, 4) is 11.5 Å². The minimum Gasteiger partial charge on any atom is -0.493 e. The number of Topliss-reactive ketones (excluding diaryl/α,β-unsaturated/α-hetero) is 2. The van der Waals surface area contributed by atoms with Crippen LogP contribution in [0.3, 0.4) is 0 Å². The van der Waals surface area contributed by atoms with E-state index in [9.17, 15) is 13.8 Å². The Kier molecular flexibility index (Phi) is 6.26. The molecule has 1 unspecified atom stereocenters. The van der Waals surface area contributed by atoms with E-state index in [1.807, 2.05) is 6.07 Å². The second kappa shape index (κ2) is 8.40. The summed E-state index contributed by atoms with van der Waals surface area (Å²) < 4.78 is 22.4. The fourth-order valence-electron chi connectivity index (χ4n) is 2.14. The van der Waals surface area contributed by atoms with Crippen LogP contribution in [0.5, 0.6) is 11.5 Å². The summed E-state index contributed by atoms with van der Waals surface area (Å²) in [4.78, 5) is 24.8. The maximum Gasteiger partial charge on any atom is 0.170 e. The fourth-order valence-corrected chi connectivity index (χ4v) is 3.17. The largest absolute Gasteiger partial charge is 0.493 e. The van der Waals surface area contributed by atoms with Gasteiger partial charge in [-0.25, -0.2) is 0 Å². The van der Waals surface area contributed by atoms with Gasteiger partial charge in [0.1, 0.15) is 0 Å². The number of ketones is 2. The van der Waals surface area contributed by atoms with Gasteiger partial charge in [0.2, 0.25) is 0 Å². The van der Waals surface area contributed by atoms with Crippen LogP contribution in [0, 0.1) is 0 Å². The highest BCUT2D eigenvalue weighted by Gasteiger charge is 2.17. The van der Waals surface area contributed by atoms with Crippen LogP contribution in [0.1, 0.15) is 16.8 Å². The van der Waals surface area contributed by atoms with Gasteiger partial charge in [0, 0.05) is 10.5 Å². The van der Waals surface area contributed by atoms with Crippen molar-refractivity contribution < 1.29 is 23.3 Å². The summed E-state index contributed by atoms with van der Waals surface area (Å²) in [6.07, 6.45) is -0.298. The highest BCUT2D eigenvalue weighted by molar-refractivity contribution is 7.85. The number of carbonyl (C=O) groups is 2. The first kappa shape index (κ1) is 17.9. The molecule has 0 saturated heterocycles. The molecule has 2 aromatic rings. The molecule has 0 saturated carbocycles. The molecule has 0 heterocycles. The van der Waals surface area contributed by atoms with Crippen molar-refractivity contribution in [1.29, 1.82) is 0 Å². The molecule has 0 spiro atoms. The standard InChI is InChI=1S/C18H18O5S/c1-22-17-9-8-13(10-18(17)23-2)16(20)11-14(19)12-24(21)15-6-4-3-5-7-15/h3-10H,11-12H2,1-2H3. The fraction of sp³-hybridized carbons (Fsp3) is 0.222. The van der Waals surface area contributed by atoms with Gasteiger partial charge in [-0.05, 0) is 30.3 Å². The predicted molar refractivity (Wildman–Crippen MR) is 91.2 cm³/mol. The molecule has 0 N–H and O–H groups in total. The Morgan fingerprint density at radius 3 is 2.25 bits per heavy atom. The number of methoxy groups -OCH3 is 2. The van der Waals surface area contributed by atoms with Crippen molar-refractivity contribution in [2.24, 2.45) is 0 Å². The molecule has 0 fully saturated rings. The lowest BCUT2D eigenvalue weighted by molar-refractivity contribution is -0.115. The van der Waals surface area contributed by atoms with Crippen molar-refractivity contribution in [2.45, 2.75) is 11.3 Å². The summed E-state index contributed by atoms with van der Waals surface area (Å²) in [7, 11) is 1.53. The Labute approximate surface area is 143 Å². The maximum absolute atomic E-state index is 12.2. The quantitative estimate of drug-likeness (QED) is 0.543. The molecule has 0 radical (unpaired) electrons. The number of benzene rings is 2. The van der Waals surface area contributed by atoms with Crippen molar-refractivity contribution in [3.05, 3.63) is 54.1 Å². The van der Waals surface area contributed by atoms with E-state index in [0.717, 1.165) is 0 Å². The predicted octanol–water partition coefficient (Wildman–Crippen LogP) is 2.65. The first-order chi connectivity index (χ1) is 11.5. The summed E-state index contributed by atoms with van der Waals surface area (Å²) in [6, 6.07) is 13.4. The number of rotatable bonds is 8. The zero-order valence-electron chi connectivity index (χ0n) is 13.5. The molecule has 24 heavy (non-hydrogen) atoms. The smallest absolute Gasteiger partial charge is 0.170 e. The molecular weight excluding hydrogens is 328 g/mol. The zero-order valence-corrected chi connectivity index (χ0v) is 14.3. The molecule has 0 bridgehead atoms. The molecule has 0 aliphatic heterocycles. The average molecular weight is 346 g/mol. The third-order valence-electron chi connectivity index (χ3n) is 3.36. The van der Waals surface area contributed by atoms with Gasteiger partial charge in [-0.1, -0.05) is 18.2 Å². The van der Waals surface area contributed by atoms with Gasteiger partial charge in [-0.3, -0.25) is 13.8 Å². The third kappa shape index (κ3) is 4.52. The van der Waals surface area contributed by atoms with Crippen LogP contribution < -0.4 is 9.47 Å². The van der Waals surface area contributed by atoms with Crippen LogP contribution in [0.2, 0.25) is 0 Å². The molecule has 126 valence electrons. The second-order valence-electron chi connectivity index (χ2n) is 5.01. The van der Waals surface area contributed by atoms with Crippen molar-refractivity contribution in [2.75, 3.05) is 20.0 Å². The first-order valence-electron chi connectivity index (χ1n) is 7.25. The third-order valence-corrected chi connectivity index (χ3v) is 4.74. The highest BCUT2D eigenvalue weighted by Crippen LogP contribution is 2.28. The Morgan fingerprint density at radius 2 is 1.62 bits per heavy atom. The molecule has 0 aliphatic carbocycles.